The van der Waals surface area contributed by atoms with Crippen molar-refractivity contribution in [1.82, 2.24) is 5.32 Å². The van der Waals surface area contributed by atoms with Gasteiger partial charge in [-0.05, 0) is 0 Å². The molecule has 0 aromatic carbocycles. The van der Waals surface area contributed by atoms with Crippen LogP contribution in [0.5, 0.6) is 0 Å². The summed E-state index contributed by atoms with van der Waals surface area (Å²) in [4.78, 5) is 58.4. The second-order valence-corrected chi connectivity index (χ2v) is 8.97. The van der Waals surface area contributed by atoms with E-state index in [9.17, 15) is 24.0 Å². The van der Waals surface area contributed by atoms with Crippen molar-refractivity contribution in [2.75, 3.05) is 13.2 Å². The van der Waals surface area contributed by atoms with E-state index < -0.39 is 77.6 Å². The monoisotopic (exact) mass is 521 g/mol. The lowest BCUT2D eigenvalue weighted by Gasteiger charge is -2.44. The number of halogens is 3. The highest BCUT2D eigenvalue weighted by molar-refractivity contribution is 6.67. The molecule has 12 nitrogen and oxygen atoms in total. The third kappa shape index (κ3) is 10.1. The van der Waals surface area contributed by atoms with Crippen molar-refractivity contribution in [3.63, 3.8) is 0 Å². The molecule has 32 heavy (non-hydrogen) atoms. The molecule has 5 atom stereocenters. The van der Waals surface area contributed by atoms with Gasteiger partial charge >= 0.3 is 30.0 Å². The molecule has 0 bridgehead atoms. The summed E-state index contributed by atoms with van der Waals surface area (Å²) < 4.78 is 29.0. The molecule has 0 aromatic heterocycles. The Bertz CT molecular complexity index is 727. The van der Waals surface area contributed by atoms with Crippen LogP contribution in [0.2, 0.25) is 0 Å². The maximum atomic E-state index is 12.1. The topological polar surface area (TPSA) is 153 Å². The molecule has 1 amide bonds. The average Bonchev–Trinajstić information content (AvgIpc) is 2.61. The molecule has 0 aromatic rings. The van der Waals surface area contributed by atoms with Crippen LogP contribution in [0.15, 0.2) is 0 Å². The third-order valence-electron chi connectivity index (χ3n) is 3.62. The molecule has 0 aliphatic carbocycles. The third-order valence-corrected chi connectivity index (χ3v) is 3.95. The van der Waals surface area contributed by atoms with Crippen LogP contribution in [0.4, 0.5) is 4.79 Å². The van der Waals surface area contributed by atoms with E-state index in [0.717, 1.165) is 27.7 Å². The molecule has 1 aliphatic heterocycles. The zero-order valence-electron chi connectivity index (χ0n) is 17.4. The Morgan fingerprint density at radius 2 is 1.28 bits per heavy atom. The fourth-order valence-corrected chi connectivity index (χ4v) is 2.81. The van der Waals surface area contributed by atoms with Gasteiger partial charge in [0.15, 0.2) is 24.5 Å². The van der Waals surface area contributed by atoms with Crippen molar-refractivity contribution in [3.8, 4) is 0 Å². The predicted molar refractivity (Wildman–Crippen MR) is 107 cm³/mol. The first-order valence-corrected chi connectivity index (χ1v) is 10.1. The lowest BCUT2D eigenvalue weighted by atomic mass is 9.97. The van der Waals surface area contributed by atoms with E-state index in [2.05, 4.69) is 5.32 Å². The number of carbonyl (C=O) groups excluding carboxylic acids is 5. The van der Waals surface area contributed by atoms with E-state index in [0.29, 0.717) is 0 Å². The van der Waals surface area contributed by atoms with E-state index in [-0.39, 0.29) is 0 Å². The van der Waals surface area contributed by atoms with Crippen LogP contribution in [-0.2, 0) is 47.6 Å². The number of rotatable bonds is 7. The molecule has 0 saturated carbocycles. The van der Waals surface area contributed by atoms with E-state index in [1.165, 1.54) is 0 Å². The first-order chi connectivity index (χ1) is 14.7. The fraction of sp³-hybridized carbons (Fsp3) is 0.706. The summed E-state index contributed by atoms with van der Waals surface area (Å²) in [6.07, 6.45) is -8.19. The number of nitrogens with one attached hydrogen (secondary N) is 1. The van der Waals surface area contributed by atoms with Crippen molar-refractivity contribution in [2.45, 2.75) is 62.1 Å². The highest BCUT2D eigenvalue weighted by Gasteiger charge is 2.52. The van der Waals surface area contributed by atoms with Gasteiger partial charge in [-0.2, -0.15) is 0 Å². The van der Waals surface area contributed by atoms with Crippen LogP contribution in [0.3, 0.4) is 0 Å². The minimum Gasteiger partial charge on any atom is -0.463 e. The Morgan fingerprint density at radius 3 is 1.75 bits per heavy atom. The largest absolute Gasteiger partial charge is 0.463 e. The number of hydrogen-bond donors (Lipinski definition) is 1. The van der Waals surface area contributed by atoms with Gasteiger partial charge in [0, 0.05) is 27.7 Å². The van der Waals surface area contributed by atoms with Crippen molar-refractivity contribution in [3.05, 3.63) is 0 Å². The van der Waals surface area contributed by atoms with Gasteiger partial charge in [-0.25, -0.2) is 4.79 Å². The molecular weight excluding hydrogens is 501 g/mol. The van der Waals surface area contributed by atoms with Gasteiger partial charge in [0.2, 0.25) is 3.79 Å². The van der Waals surface area contributed by atoms with Crippen LogP contribution in [0.25, 0.3) is 0 Å². The number of esters is 4. The number of carbonyl (C=O) groups is 5. The Kier molecular flexibility index (Phi) is 10.8. The summed E-state index contributed by atoms with van der Waals surface area (Å²) in [5, 5.41) is 2.23. The molecule has 182 valence electrons. The second-order valence-electron chi connectivity index (χ2n) is 6.46. The summed E-state index contributed by atoms with van der Waals surface area (Å²) >= 11 is 16.6. The quantitative estimate of drug-likeness (QED) is 0.291. The van der Waals surface area contributed by atoms with Crippen molar-refractivity contribution >= 4 is 64.8 Å². The maximum Gasteiger partial charge on any atom is 0.409 e. The fourth-order valence-electron chi connectivity index (χ4n) is 2.65. The molecule has 1 N–H and O–H groups in total. The van der Waals surface area contributed by atoms with E-state index in [1.54, 1.807) is 0 Å². The average molecular weight is 523 g/mol. The number of alkyl carbamates (subject to hydrolysis) is 1. The van der Waals surface area contributed by atoms with Crippen molar-refractivity contribution in [2.24, 2.45) is 0 Å². The van der Waals surface area contributed by atoms with Crippen molar-refractivity contribution in [1.29, 1.82) is 0 Å². The summed E-state index contributed by atoms with van der Waals surface area (Å²) in [7, 11) is 0. The van der Waals surface area contributed by atoms with E-state index in [1.807, 2.05) is 0 Å². The zero-order valence-corrected chi connectivity index (χ0v) is 19.7. The van der Waals surface area contributed by atoms with Crippen LogP contribution in [-0.4, -0.2) is 77.6 Å². The minimum atomic E-state index is -1.90. The first kappa shape index (κ1) is 28.0. The lowest BCUT2D eigenvalue weighted by Crippen LogP contribution is -2.66. The van der Waals surface area contributed by atoms with Gasteiger partial charge in [-0.3, -0.25) is 24.5 Å². The van der Waals surface area contributed by atoms with Crippen LogP contribution in [0, 0.1) is 0 Å². The normalized spacial score (nSPS) is 25.2. The van der Waals surface area contributed by atoms with Crippen LogP contribution < -0.4 is 5.32 Å². The minimum absolute atomic E-state index is 0.459. The van der Waals surface area contributed by atoms with Gasteiger partial charge in [-0.1, -0.05) is 34.8 Å². The molecule has 15 heteroatoms. The molecule has 1 heterocycles. The summed E-state index contributed by atoms with van der Waals surface area (Å²) in [5.74, 6) is -3.14. The standard InChI is InChI=1S/C17H22Cl3NO11/c1-7(22)27-5-11-12(29-8(2)23)13(30-9(3)24)14(31-10(4)25)15(32-11)21-16(26)28-6-17(18,19)20/h11-15H,5-6H2,1-4H3,(H,21,26)/t11-,12-,13+,14-,15-/m1/s1. The highest BCUT2D eigenvalue weighted by atomic mass is 35.6. The lowest BCUT2D eigenvalue weighted by molar-refractivity contribution is -0.256. The van der Waals surface area contributed by atoms with Gasteiger partial charge in [0.05, 0.1) is 0 Å². The first-order valence-electron chi connectivity index (χ1n) is 9.00. The SMILES string of the molecule is CC(=O)OC[C@H]1O[C@@H](NC(=O)OCC(Cl)(Cl)Cl)[C@H](OC(C)=O)[C@@H](OC(C)=O)[C@@H]1OC(C)=O. The van der Waals surface area contributed by atoms with E-state index >= 15 is 0 Å². The van der Waals surface area contributed by atoms with E-state index in [4.69, 9.17) is 63.2 Å². The molecule has 1 saturated heterocycles. The Balaban J connectivity index is 3.26. The molecular formula is C17H22Cl3NO11. The molecule has 1 fully saturated rings. The molecule has 0 spiro atoms. The Morgan fingerprint density at radius 1 is 0.781 bits per heavy atom. The number of amides is 1. The van der Waals surface area contributed by atoms with Crippen LogP contribution >= 0.6 is 34.8 Å². The maximum absolute atomic E-state index is 12.1. The Hall–Kier alpha value is -2.02. The predicted octanol–water partition coefficient (Wildman–Crippen LogP) is 1.17. The van der Waals surface area contributed by atoms with Crippen molar-refractivity contribution < 1.29 is 52.4 Å². The smallest absolute Gasteiger partial charge is 0.409 e. The second kappa shape index (κ2) is 12.3. The Labute approximate surface area is 198 Å². The molecule has 0 unspecified atom stereocenters. The summed E-state index contributed by atoms with van der Waals surface area (Å²) in [5.41, 5.74) is 0. The summed E-state index contributed by atoms with van der Waals surface area (Å²) in [6.45, 7) is 3.22. The van der Waals surface area contributed by atoms with Gasteiger partial charge in [0.25, 0.3) is 0 Å². The van der Waals surface area contributed by atoms with Gasteiger partial charge in [0.1, 0.15) is 19.3 Å². The molecule has 0 radical (unpaired) electrons. The number of alkyl halides is 3. The molecule has 1 rings (SSSR count). The van der Waals surface area contributed by atoms with Gasteiger partial charge < -0.3 is 28.4 Å². The van der Waals surface area contributed by atoms with Crippen LogP contribution in [0.1, 0.15) is 27.7 Å². The summed E-state index contributed by atoms with van der Waals surface area (Å²) in [6, 6.07) is 0. The number of hydrogen-bond acceptors (Lipinski definition) is 11. The zero-order chi connectivity index (χ0) is 24.6. The molecule has 1 aliphatic rings. The van der Waals surface area contributed by atoms with Gasteiger partial charge in [-0.15, -0.1) is 0 Å². The number of ether oxygens (including phenoxy) is 6. The highest BCUT2D eigenvalue weighted by Crippen LogP contribution is 2.29.